The van der Waals surface area contributed by atoms with Gasteiger partial charge in [-0.05, 0) is 23.1 Å². The Kier molecular flexibility index (Phi) is 4.00. The standard InChI is InChI=1S/C18H25NO3/c1-17(2,3)15-6-4-14(5-7-15)16(20)19-10-8-18(9-11-19)21-12-13-22-18/h4-7H,8-13H2,1-3H3. The molecule has 1 aromatic rings. The van der Waals surface area contributed by atoms with Crippen LogP contribution >= 0.6 is 0 Å². The van der Waals surface area contributed by atoms with Gasteiger partial charge in [-0.25, -0.2) is 0 Å². The number of ether oxygens (including phenoxy) is 2. The van der Waals surface area contributed by atoms with Gasteiger partial charge in [-0.3, -0.25) is 4.79 Å². The van der Waals surface area contributed by atoms with Gasteiger partial charge < -0.3 is 14.4 Å². The Morgan fingerprint density at radius 2 is 1.59 bits per heavy atom. The maximum absolute atomic E-state index is 12.6. The third-order valence-corrected chi connectivity index (χ3v) is 4.62. The fraction of sp³-hybridized carbons (Fsp3) is 0.611. The molecule has 2 aliphatic rings. The van der Waals surface area contributed by atoms with Crippen LogP contribution in [0.4, 0.5) is 0 Å². The third kappa shape index (κ3) is 3.03. The molecule has 2 fully saturated rings. The number of carbonyl (C=O) groups is 1. The van der Waals surface area contributed by atoms with E-state index >= 15 is 0 Å². The van der Waals surface area contributed by atoms with Gasteiger partial charge in [0.2, 0.25) is 0 Å². The number of likely N-dealkylation sites (tertiary alicyclic amines) is 1. The Labute approximate surface area is 132 Å². The first-order valence-electron chi connectivity index (χ1n) is 8.07. The lowest BCUT2D eigenvalue weighted by Crippen LogP contribution is -2.47. The van der Waals surface area contributed by atoms with Crippen LogP contribution in [0.25, 0.3) is 0 Å². The van der Waals surface area contributed by atoms with Crippen molar-refractivity contribution in [3.8, 4) is 0 Å². The SMILES string of the molecule is CC(C)(C)c1ccc(C(=O)N2CCC3(CC2)OCCO3)cc1. The lowest BCUT2D eigenvalue weighted by Gasteiger charge is -2.37. The first-order chi connectivity index (χ1) is 10.4. The number of benzene rings is 1. The van der Waals surface area contributed by atoms with Crippen LogP contribution in [-0.4, -0.2) is 42.9 Å². The molecule has 0 atom stereocenters. The number of piperidine rings is 1. The molecule has 22 heavy (non-hydrogen) atoms. The molecule has 0 unspecified atom stereocenters. The Morgan fingerprint density at radius 3 is 2.09 bits per heavy atom. The molecule has 4 nitrogen and oxygen atoms in total. The van der Waals surface area contributed by atoms with Crippen LogP contribution in [0.1, 0.15) is 49.5 Å². The molecule has 0 saturated carbocycles. The molecule has 1 aromatic carbocycles. The smallest absolute Gasteiger partial charge is 0.253 e. The summed E-state index contributed by atoms with van der Waals surface area (Å²) in [5.74, 6) is -0.319. The van der Waals surface area contributed by atoms with Crippen molar-refractivity contribution in [3.05, 3.63) is 35.4 Å². The average Bonchev–Trinajstić information content (AvgIpc) is 2.95. The van der Waals surface area contributed by atoms with Crippen molar-refractivity contribution in [1.82, 2.24) is 4.90 Å². The maximum Gasteiger partial charge on any atom is 0.253 e. The van der Waals surface area contributed by atoms with Gasteiger partial charge in [-0.2, -0.15) is 0 Å². The van der Waals surface area contributed by atoms with Gasteiger partial charge in [0.05, 0.1) is 13.2 Å². The number of nitrogens with zero attached hydrogens (tertiary/aromatic N) is 1. The van der Waals surface area contributed by atoms with Crippen LogP contribution in [0.3, 0.4) is 0 Å². The molecule has 0 aromatic heterocycles. The second-order valence-electron chi connectivity index (χ2n) is 7.23. The molecule has 0 aliphatic carbocycles. The molecule has 4 heteroatoms. The van der Waals surface area contributed by atoms with E-state index in [1.807, 2.05) is 17.0 Å². The summed E-state index contributed by atoms with van der Waals surface area (Å²) in [5.41, 5.74) is 2.11. The molecule has 2 saturated heterocycles. The molecule has 1 amide bonds. The summed E-state index contributed by atoms with van der Waals surface area (Å²) in [6.07, 6.45) is 1.53. The highest BCUT2D eigenvalue weighted by molar-refractivity contribution is 5.94. The molecule has 2 heterocycles. The zero-order valence-electron chi connectivity index (χ0n) is 13.7. The molecular weight excluding hydrogens is 278 g/mol. The number of hydrogen-bond donors (Lipinski definition) is 0. The fourth-order valence-corrected chi connectivity index (χ4v) is 3.13. The second-order valence-corrected chi connectivity index (χ2v) is 7.23. The first-order valence-corrected chi connectivity index (χ1v) is 8.07. The zero-order valence-corrected chi connectivity index (χ0v) is 13.7. The summed E-state index contributed by atoms with van der Waals surface area (Å²) >= 11 is 0. The Morgan fingerprint density at radius 1 is 1.05 bits per heavy atom. The van der Waals surface area contributed by atoms with Crippen LogP contribution in [0, 0.1) is 0 Å². The summed E-state index contributed by atoms with van der Waals surface area (Å²) in [5, 5.41) is 0. The van der Waals surface area contributed by atoms with Gasteiger partial charge in [0.25, 0.3) is 5.91 Å². The van der Waals surface area contributed by atoms with E-state index in [9.17, 15) is 4.79 Å². The van der Waals surface area contributed by atoms with Crippen molar-refractivity contribution in [3.63, 3.8) is 0 Å². The van der Waals surface area contributed by atoms with Crippen LogP contribution in [0.15, 0.2) is 24.3 Å². The summed E-state index contributed by atoms with van der Waals surface area (Å²) in [4.78, 5) is 14.5. The predicted octanol–water partition coefficient (Wildman–Crippen LogP) is 2.96. The quantitative estimate of drug-likeness (QED) is 0.800. The van der Waals surface area contributed by atoms with E-state index in [1.165, 1.54) is 5.56 Å². The fourth-order valence-electron chi connectivity index (χ4n) is 3.13. The minimum absolute atomic E-state index is 0.105. The van der Waals surface area contributed by atoms with Crippen LogP contribution in [0.5, 0.6) is 0 Å². The van der Waals surface area contributed by atoms with Crippen molar-refractivity contribution >= 4 is 5.91 Å². The Bertz CT molecular complexity index is 528. The first kappa shape index (κ1) is 15.5. The second kappa shape index (κ2) is 5.67. The molecule has 2 aliphatic heterocycles. The van der Waals surface area contributed by atoms with E-state index < -0.39 is 5.79 Å². The summed E-state index contributed by atoms with van der Waals surface area (Å²) < 4.78 is 11.4. The largest absolute Gasteiger partial charge is 0.347 e. The Balaban J connectivity index is 1.65. The van der Waals surface area contributed by atoms with E-state index in [2.05, 4.69) is 32.9 Å². The molecule has 0 radical (unpaired) electrons. The highest BCUT2D eigenvalue weighted by Gasteiger charge is 2.40. The van der Waals surface area contributed by atoms with Gasteiger partial charge >= 0.3 is 0 Å². The van der Waals surface area contributed by atoms with Crippen LogP contribution < -0.4 is 0 Å². The third-order valence-electron chi connectivity index (χ3n) is 4.62. The minimum Gasteiger partial charge on any atom is -0.347 e. The molecule has 0 bridgehead atoms. The van der Waals surface area contributed by atoms with E-state index in [1.54, 1.807) is 0 Å². The van der Waals surface area contributed by atoms with Gasteiger partial charge in [0.1, 0.15) is 0 Å². The van der Waals surface area contributed by atoms with Crippen molar-refractivity contribution in [1.29, 1.82) is 0 Å². The molecule has 1 spiro atoms. The summed E-state index contributed by atoms with van der Waals surface area (Å²) in [6, 6.07) is 8.00. The molecule has 3 rings (SSSR count). The van der Waals surface area contributed by atoms with E-state index in [-0.39, 0.29) is 11.3 Å². The van der Waals surface area contributed by atoms with E-state index in [0.29, 0.717) is 26.3 Å². The van der Waals surface area contributed by atoms with Gasteiger partial charge in [-0.1, -0.05) is 32.9 Å². The van der Waals surface area contributed by atoms with E-state index in [0.717, 1.165) is 18.4 Å². The Hall–Kier alpha value is -1.39. The minimum atomic E-state index is -0.424. The number of rotatable bonds is 1. The summed E-state index contributed by atoms with van der Waals surface area (Å²) in [7, 11) is 0. The van der Waals surface area contributed by atoms with Gasteiger partial charge in [0.15, 0.2) is 5.79 Å². The van der Waals surface area contributed by atoms with Crippen molar-refractivity contribution in [2.75, 3.05) is 26.3 Å². The number of amides is 1. The maximum atomic E-state index is 12.6. The molecule has 0 N–H and O–H groups in total. The monoisotopic (exact) mass is 303 g/mol. The molecular formula is C18H25NO3. The lowest BCUT2D eigenvalue weighted by atomic mass is 9.86. The van der Waals surface area contributed by atoms with Crippen LogP contribution in [0.2, 0.25) is 0 Å². The normalized spacial score (nSPS) is 21.3. The van der Waals surface area contributed by atoms with Crippen LogP contribution in [-0.2, 0) is 14.9 Å². The molecule has 120 valence electrons. The number of hydrogen-bond acceptors (Lipinski definition) is 3. The highest BCUT2D eigenvalue weighted by Crippen LogP contribution is 2.32. The van der Waals surface area contributed by atoms with Crippen molar-refractivity contribution < 1.29 is 14.3 Å². The lowest BCUT2D eigenvalue weighted by molar-refractivity contribution is -0.181. The highest BCUT2D eigenvalue weighted by atomic mass is 16.7. The zero-order chi connectivity index (χ0) is 15.8. The van der Waals surface area contributed by atoms with Crippen molar-refractivity contribution in [2.45, 2.75) is 44.8 Å². The number of carbonyl (C=O) groups excluding carboxylic acids is 1. The van der Waals surface area contributed by atoms with Gasteiger partial charge in [0, 0.05) is 31.5 Å². The average molecular weight is 303 g/mol. The van der Waals surface area contributed by atoms with Crippen molar-refractivity contribution in [2.24, 2.45) is 0 Å². The summed E-state index contributed by atoms with van der Waals surface area (Å²) in [6.45, 7) is 9.25. The topological polar surface area (TPSA) is 38.8 Å². The van der Waals surface area contributed by atoms with E-state index in [4.69, 9.17) is 9.47 Å². The van der Waals surface area contributed by atoms with Gasteiger partial charge in [-0.15, -0.1) is 0 Å². The predicted molar refractivity (Wildman–Crippen MR) is 84.9 cm³/mol.